The van der Waals surface area contributed by atoms with Crippen LogP contribution in [0.15, 0.2) is 48.6 Å². The maximum Gasteiger partial charge on any atom is 0.305 e. The minimum atomic E-state index is -0.665. The van der Waals surface area contributed by atoms with Crippen molar-refractivity contribution in [3.05, 3.63) is 48.6 Å². The lowest BCUT2D eigenvalue weighted by atomic mass is 10.0. The average Bonchev–Trinajstić information content (AvgIpc) is 3.53. The molecule has 0 spiro atoms. The lowest BCUT2D eigenvalue weighted by Crippen LogP contribution is -2.45. The van der Waals surface area contributed by atoms with Crippen LogP contribution in [-0.4, -0.2) is 47.4 Å². The van der Waals surface area contributed by atoms with E-state index in [0.717, 1.165) is 57.8 Å². The van der Waals surface area contributed by atoms with Gasteiger partial charge in [-0.05, 0) is 89.9 Å². The highest BCUT2D eigenvalue weighted by Gasteiger charge is 2.20. The van der Waals surface area contributed by atoms with Crippen LogP contribution in [0.1, 0.15) is 431 Å². The third kappa shape index (κ3) is 72.8. The molecule has 0 aromatic carbocycles. The number of ether oxygens (including phenoxy) is 1. The first-order valence-corrected chi connectivity index (χ1v) is 39.4. The molecule has 0 saturated heterocycles. The van der Waals surface area contributed by atoms with Crippen molar-refractivity contribution in [1.82, 2.24) is 5.32 Å². The summed E-state index contributed by atoms with van der Waals surface area (Å²) in [6.45, 7) is 4.96. The molecule has 87 heavy (non-hydrogen) atoms. The Balaban J connectivity index is 3.38. The molecule has 2 unspecified atom stereocenters. The van der Waals surface area contributed by atoms with E-state index in [-0.39, 0.29) is 18.5 Å². The second-order valence-corrected chi connectivity index (χ2v) is 27.0. The van der Waals surface area contributed by atoms with Crippen LogP contribution in [0.2, 0.25) is 0 Å². The molecule has 6 nitrogen and oxygen atoms in total. The van der Waals surface area contributed by atoms with Crippen molar-refractivity contribution >= 4 is 11.9 Å². The Morgan fingerprint density at radius 3 is 0.897 bits per heavy atom. The topological polar surface area (TPSA) is 95.9 Å². The van der Waals surface area contributed by atoms with E-state index in [0.29, 0.717) is 25.9 Å². The maximum atomic E-state index is 12.6. The zero-order valence-corrected chi connectivity index (χ0v) is 58.8. The minimum Gasteiger partial charge on any atom is -0.466 e. The molecular formula is C81H153NO5. The van der Waals surface area contributed by atoms with Crippen molar-refractivity contribution in [1.29, 1.82) is 0 Å². The quantitative estimate of drug-likeness (QED) is 0.0320. The Bertz CT molecular complexity index is 1450. The number of allylic oxidation sites excluding steroid dienone is 8. The number of aliphatic hydroxyl groups is 2. The van der Waals surface area contributed by atoms with Crippen molar-refractivity contribution < 1.29 is 24.5 Å². The number of hydrogen-bond donors (Lipinski definition) is 3. The van der Waals surface area contributed by atoms with Gasteiger partial charge in [0.15, 0.2) is 0 Å². The van der Waals surface area contributed by atoms with Gasteiger partial charge in [0.1, 0.15) is 0 Å². The van der Waals surface area contributed by atoms with E-state index >= 15 is 0 Å². The minimum absolute atomic E-state index is 0.00687. The molecule has 0 saturated carbocycles. The van der Waals surface area contributed by atoms with Gasteiger partial charge in [0.2, 0.25) is 5.91 Å². The summed E-state index contributed by atoms with van der Waals surface area (Å²) in [4.78, 5) is 24.7. The number of rotatable bonds is 74. The Morgan fingerprint density at radius 1 is 0.322 bits per heavy atom. The number of aliphatic hydroxyl groups excluding tert-OH is 2. The number of carbonyl (C=O) groups excluding carboxylic acids is 2. The maximum absolute atomic E-state index is 12.6. The van der Waals surface area contributed by atoms with Crippen LogP contribution in [0.5, 0.6) is 0 Å². The summed E-state index contributed by atoms with van der Waals surface area (Å²) in [5.74, 6) is -0.0219. The summed E-state index contributed by atoms with van der Waals surface area (Å²) in [6.07, 6.45) is 101. The van der Waals surface area contributed by atoms with Gasteiger partial charge in [-0.25, -0.2) is 0 Å². The highest BCUT2D eigenvalue weighted by molar-refractivity contribution is 5.76. The normalized spacial score (nSPS) is 12.7. The summed E-state index contributed by atoms with van der Waals surface area (Å²) in [5.41, 5.74) is 0. The van der Waals surface area contributed by atoms with Crippen molar-refractivity contribution in [3.8, 4) is 0 Å². The number of esters is 1. The first kappa shape index (κ1) is 84.8. The average molecular weight is 1220 g/mol. The molecule has 6 heteroatoms. The molecular weight excluding hydrogens is 1070 g/mol. The van der Waals surface area contributed by atoms with Crippen molar-refractivity contribution in [2.24, 2.45) is 0 Å². The number of unbranched alkanes of at least 4 members (excludes halogenated alkanes) is 55. The lowest BCUT2D eigenvalue weighted by molar-refractivity contribution is -0.143. The zero-order chi connectivity index (χ0) is 62.8. The molecule has 512 valence electrons. The van der Waals surface area contributed by atoms with E-state index in [1.165, 1.54) is 340 Å². The predicted molar refractivity (Wildman–Crippen MR) is 384 cm³/mol. The molecule has 0 radical (unpaired) electrons. The molecule has 0 fully saturated rings. The zero-order valence-electron chi connectivity index (χ0n) is 58.8. The van der Waals surface area contributed by atoms with Gasteiger partial charge in [0, 0.05) is 12.8 Å². The number of hydrogen-bond acceptors (Lipinski definition) is 5. The fourth-order valence-electron chi connectivity index (χ4n) is 12.4. The third-order valence-electron chi connectivity index (χ3n) is 18.4. The molecule has 0 aliphatic rings. The Hall–Kier alpha value is -2.18. The van der Waals surface area contributed by atoms with E-state index in [4.69, 9.17) is 4.74 Å². The second-order valence-electron chi connectivity index (χ2n) is 27.0. The van der Waals surface area contributed by atoms with Crippen LogP contribution >= 0.6 is 0 Å². The van der Waals surface area contributed by atoms with Gasteiger partial charge in [0.05, 0.1) is 25.4 Å². The largest absolute Gasteiger partial charge is 0.466 e. The molecule has 2 atom stereocenters. The highest BCUT2D eigenvalue weighted by atomic mass is 16.5. The van der Waals surface area contributed by atoms with E-state index in [1.807, 2.05) is 0 Å². The van der Waals surface area contributed by atoms with E-state index in [1.54, 1.807) is 0 Å². The monoisotopic (exact) mass is 1220 g/mol. The van der Waals surface area contributed by atoms with Crippen LogP contribution in [-0.2, 0) is 14.3 Å². The van der Waals surface area contributed by atoms with Gasteiger partial charge < -0.3 is 20.3 Å². The predicted octanol–water partition coefficient (Wildman–Crippen LogP) is 26.0. The van der Waals surface area contributed by atoms with E-state index in [2.05, 4.69) is 67.8 Å². The van der Waals surface area contributed by atoms with Gasteiger partial charge in [-0.15, -0.1) is 0 Å². The smallest absolute Gasteiger partial charge is 0.305 e. The first-order chi connectivity index (χ1) is 43.0. The molecule has 0 aliphatic carbocycles. The summed E-state index contributed by atoms with van der Waals surface area (Å²) in [6, 6.07) is -0.542. The summed E-state index contributed by atoms with van der Waals surface area (Å²) in [7, 11) is 0. The van der Waals surface area contributed by atoms with Crippen LogP contribution in [0.3, 0.4) is 0 Å². The Kier molecular flexibility index (Phi) is 74.4. The molecule has 0 aliphatic heterocycles. The van der Waals surface area contributed by atoms with Crippen molar-refractivity contribution in [2.75, 3.05) is 13.2 Å². The highest BCUT2D eigenvalue weighted by Crippen LogP contribution is 2.19. The summed E-state index contributed by atoms with van der Waals surface area (Å²) >= 11 is 0. The molecule has 3 N–H and O–H groups in total. The molecule has 1 amide bonds. The van der Waals surface area contributed by atoms with Gasteiger partial charge in [0.25, 0.3) is 0 Å². The molecule has 0 bridgehead atoms. The fraction of sp³-hybridized carbons (Fsp3) is 0.877. The Labute approximate surface area is 544 Å². The second kappa shape index (κ2) is 76.3. The van der Waals surface area contributed by atoms with Crippen molar-refractivity contribution in [2.45, 2.75) is 443 Å². The van der Waals surface area contributed by atoms with Gasteiger partial charge in [-0.2, -0.15) is 0 Å². The SMILES string of the molecule is CCCCC/C=C\C/C=C\CCCCCCCCCC(=O)OCCCCCCCCCCC/C=C\C/C=C\CCCCCCCCCCCCCCCCCCCC(=O)NC(CO)C(O)CCCCCCCCCCCCCCCCCCCCCC. The van der Waals surface area contributed by atoms with Crippen molar-refractivity contribution in [3.63, 3.8) is 0 Å². The van der Waals surface area contributed by atoms with Crippen LogP contribution in [0.4, 0.5) is 0 Å². The van der Waals surface area contributed by atoms with Crippen LogP contribution < -0.4 is 5.32 Å². The van der Waals surface area contributed by atoms with Crippen LogP contribution in [0, 0.1) is 0 Å². The van der Waals surface area contributed by atoms with Crippen LogP contribution in [0.25, 0.3) is 0 Å². The van der Waals surface area contributed by atoms with E-state index in [9.17, 15) is 19.8 Å². The standard InChI is InChI=1S/C81H153NO5/c1-3-5-7-9-11-13-15-17-19-21-22-38-42-45-49-53-57-61-65-69-73-79(84)78(77-83)82-80(85)74-70-66-62-58-54-50-46-43-39-36-34-32-30-28-26-24-23-25-27-29-31-33-35-37-40-44-48-52-56-60-64-68-72-76-87-81(86)75-71-67-63-59-55-51-47-41-20-18-16-14-12-10-8-6-4-2/h12,14,18,20,27,29,33,35,78-79,83-84H,3-11,13,15-17,19,21-26,28,30-32,34,36-77H2,1-2H3,(H,82,85)/b14-12-,20-18-,29-27-,35-33-. The van der Waals surface area contributed by atoms with Gasteiger partial charge in [-0.3, -0.25) is 9.59 Å². The lowest BCUT2D eigenvalue weighted by Gasteiger charge is -2.22. The number of carbonyl (C=O) groups is 2. The fourth-order valence-corrected chi connectivity index (χ4v) is 12.4. The third-order valence-corrected chi connectivity index (χ3v) is 18.4. The molecule has 0 rings (SSSR count). The Morgan fingerprint density at radius 2 is 0.575 bits per heavy atom. The van der Waals surface area contributed by atoms with Gasteiger partial charge in [-0.1, -0.05) is 377 Å². The summed E-state index contributed by atoms with van der Waals surface area (Å²) in [5, 5.41) is 23.4. The molecule has 0 aromatic heterocycles. The number of amides is 1. The van der Waals surface area contributed by atoms with Gasteiger partial charge >= 0.3 is 5.97 Å². The first-order valence-electron chi connectivity index (χ1n) is 39.4. The number of nitrogens with one attached hydrogen (secondary N) is 1. The molecule has 0 heterocycles. The molecule has 0 aromatic rings. The summed E-state index contributed by atoms with van der Waals surface area (Å²) < 4.78 is 5.50. The van der Waals surface area contributed by atoms with E-state index < -0.39 is 12.1 Å².